The lowest BCUT2D eigenvalue weighted by atomic mass is 9.81. The van der Waals surface area contributed by atoms with Crippen LogP contribution >= 0.6 is 0 Å². The summed E-state index contributed by atoms with van der Waals surface area (Å²) in [6, 6.07) is 0. The van der Waals surface area contributed by atoms with Gasteiger partial charge in [0.2, 0.25) is 0 Å². The number of esters is 1. The van der Waals surface area contributed by atoms with E-state index in [0.29, 0.717) is 5.57 Å². The molecule has 21 heavy (non-hydrogen) atoms. The Bertz CT molecular complexity index is 511. The molecule has 1 aliphatic heterocycles. The fourth-order valence-corrected chi connectivity index (χ4v) is 3.51. The van der Waals surface area contributed by atoms with E-state index in [1.807, 2.05) is 0 Å². The average Bonchev–Trinajstić information content (AvgIpc) is 2.85. The van der Waals surface area contributed by atoms with Crippen LogP contribution in [0.1, 0.15) is 38.5 Å². The maximum atomic E-state index is 11.8. The number of methoxy groups -OCH3 is 1. The molecule has 0 amide bonds. The van der Waals surface area contributed by atoms with Gasteiger partial charge in [-0.1, -0.05) is 12.3 Å². The Morgan fingerprint density at radius 3 is 2.76 bits per heavy atom. The van der Waals surface area contributed by atoms with Crippen molar-refractivity contribution < 1.29 is 24.1 Å². The number of hydrogen-bond acceptors (Lipinski definition) is 5. The number of terminal acetylenes is 1. The van der Waals surface area contributed by atoms with Gasteiger partial charge >= 0.3 is 5.97 Å². The van der Waals surface area contributed by atoms with Crippen LogP contribution in [0.15, 0.2) is 11.6 Å². The first kappa shape index (κ1) is 14.6. The van der Waals surface area contributed by atoms with Crippen LogP contribution < -0.4 is 0 Å². The van der Waals surface area contributed by atoms with Gasteiger partial charge in [-0.05, 0) is 18.9 Å². The van der Waals surface area contributed by atoms with Crippen molar-refractivity contribution in [1.29, 1.82) is 0 Å². The van der Waals surface area contributed by atoms with Gasteiger partial charge in [0.1, 0.15) is 12.2 Å². The molecule has 1 N–H and O–H groups in total. The van der Waals surface area contributed by atoms with Crippen LogP contribution in [0.5, 0.6) is 0 Å². The largest absolute Gasteiger partial charge is 0.466 e. The van der Waals surface area contributed by atoms with E-state index in [1.165, 1.54) is 7.11 Å². The zero-order valence-corrected chi connectivity index (χ0v) is 12.1. The Labute approximate surface area is 124 Å². The first-order valence-corrected chi connectivity index (χ1v) is 7.37. The van der Waals surface area contributed by atoms with E-state index in [4.69, 9.17) is 20.6 Å². The molecule has 5 nitrogen and oxygen atoms in total. The lowest BCUT2D eigenvalue weighted by molar-refractivity contribution is -0.202. The minimum Gasteiger partial charge on any atom is -0.466 e. The van der Waals surface area contributed by atoms with E-state index in [2.05, 4.69) is 5.92 Å². The van der Waals surface area contributed by atoms with E-state index in [0.717, 1.165) is 32.1 Å². The SMILES string of the molecule is C#C[C@]1(O)CC(C(=O)OC)=C[C@H]2OC3(CCCCC3)O[C@H]21. The third-order valence-electron chi connectivity index (χ3n) is 4.60. The Morgan fingerprint density at radius 2 is 2.14 bits per heavy atom. The van der Waals surface area contributed by atoms with Gasteiger partial charge in [0.05, 0.1) is 7.11 Å². The van der Waals surface area contributed by atoms with Gasteiger partial charge in [0.15, 0.2) is 11.4 Å². The monoisotopic (exact) mass is 292 g/mol. The minimum atomic E-state index is -1.54. The van der Waals surface area contributed by atoms with Gasteiger partial charge < -0.3 is 19.3 Å². The molecule has 0 unspecified atom stereocenters. The second-order valence-electron chi connectivity index (χ2n) is 6.02. The van der Waals surface area contributed by atoms with Crippen LogP contribution in [0.3, 0.4) is 0 Å². The Balaban J connectivity index is 1.91. The fourth-order valence-electron chi connectivity index (χ4n) is 3.51. The summed E-state index contributed by atoms with van der Waals surface area (Å²) in [5, 5.41) is 10.7. The van der Waals surface area contributed by atoms with E-state index < -0.39 is 29.6 Å². The molecule has 1 spiro atoms. The number of fused-ring (bicyclic) bond motifs is 1. The first-order valence-electron chi connectivity index (χ1n) is 7.37. The lowest BCUT2D eigenvalue weighted by Crippen LogP contribution is -2.50. The summed E-state index contributed by atoms with van der Waals surface area (Å²) in [6.45, 7) is 0. The number of aliphatic hydroxyl groups is 1. The van der Waals surface area contributed by atoms with Gasteiger partial charge in [0.25, 0.3) is 0 Å². The van der Waals surface area contributed by atoms with Crippen molar-refractivity contribution in [2.45, 2.75) is 62.1 Å². The summed E-state index contributed by atoms with van der Waals surface area (Å²) in [5.41, 5.74) is -1.19. The molecule has 0 aromatic carbocycles. The van der Waals surface area contributed by atoms with Crippen molar-refractivity contribution in [3.63, 3.8) is 0 Å². The van der Waals surface area contributed by atoms with Gasteiger partial charge in [-0.15, -0.1) is 6.42 Å². The highest BCUT2D eigenvalue weighted by Gasteiger charge is 2.57. The number of carbonyl (C=O) groups excluding carboxylic acids is 1. The third kappa shape index (κ3) is 2.38. The quantitative estimate of drug-likeness (QED) is 0.583. The molecule has 3 rings (SSSR count). The maximum Gasteiger partial charge on any atom is 0.333 e. The van der Waals surface area contributed by atoms with Crippen LogP contribution in [-0.4, -0.2) is 41.8 Å². The van der Waals surface area contributed by atoms with E-state index in [9.17, 15) is 9.90 Å². The zero-order chi connectivity index (χ0) is 15.1. The second kappa shape index (κ2) is 5.13. The van der Waals surface area contributed by atoms with Gasteiger partial charge in [-0.25, -0.2) is 4.79 Å². The molecule has 0 radical (unpaired) electrons. The number of hydrogen-bond donors (Lipinski definition) is 1. The molecule has 0 aromatic heterocycles. The Hall–Kier alpha value is -1.35. The van der Waals surface area contributed by atoms with Crippen molar-refractivity contribution in [2.75, 3.05) is 7.11 Å². The highest BCUT2D eigenvalue weighted by atomic mass is 16.8. The van der Waals surface area contributed by atoms with Crippen molar-refractivity contribution in [1.82, 2.24) is 0 Å². The third-order valence-corrected chi connectivity index (χ3v) is 4.60. The molecule has 1 heterocycles. The minimum absolute atomic E-state index is 0.0246. The highest BCUT2D eigenvalue weighted by Crippen LogP contribution is 2.46. The topological polar surface area (TPSA) is 65.0 Å². The molecule has 1 saturated carbocycles. The molecule has 2 aliphatic carbocycles. The molecule has 0 bridgehead atoms. The smallest absolute Gasteiger partial charge is 0.333 e. The van der Waals surface area contributed by atoms with Crippen LogP contribution in [0.2, 0.25) is 0 Å². The Kier molecular flexibility index (Phi) is 3.56. The first-order chi connectivity index (χ1) is 10.0. The maximum absolute atomic E-state index is 11.8. The van der Waals surface area contributed by atoms with Crippen LogP contribution in [0, 0.1) is 12.3 Å². The number of ether oxygens (including phenoxy) is 3. The molecular formula is C16H20O5. The van der Waals surface area contributed by atoms with Crippen molar-refractivity contribution in [3.8, 4) is 12.3 Å². The van der Waals surface area contributed by atoms with Crippen LogP contribution in [0.25, 0.3) is 0 Å². The average molecular weight is 292 g/mol. The number of carbonyl (C=O) groups is 1. The summed E-state index contributed by atoms with van der Waals surface area (Å²) >= 11 is 0. The van der Waals surface area contributed by atoms with Crippen molar-refractivity contribution in [3.05, 3.63) is 11.6 Å². The van der Waals surface area contributed by atoms with Crippen LogP contribution in [-0.2, 0) is 19.0 Å². The summed E-state index contributed by atoms with van der Waals surface area (Å²) in [4.78, 5) is 11.8. The van der Waals surface area contributed by atoms with Gasteiger partial charge in [-0.2, -0.15) is 0 Å². The molecule has 3 aliphatic rings. The summed E-state index contributed by atoms with van der Waals surface area (Å²) in [5.74, 6) is 1.23. The normalized spacial score (nSPS) is 37.5. The summed E-state index contributed by atoms with van der Waals surface area (Å²) in [7, 11) is 1.30. The number of rotatable bonds is 1. The predicted molar refractivity (Wildman–Crippen MR) is 74.1 cm³/mol. The summed E-state index contributed by atoms with van der Waals surface area (Å²) in [6.07, 6.45) is 10.9. The van der Waals surface area contributed by atoms with Crippen LogP contribution in [0.4, 0.5) is 0 Å². The molecule has 0 aromatic rings. The molecule has 114 valence electrons. The molecule has 3 atom stereocenters. The predicted octanol–water partition coefficient (Wildman–Crippen LogP) is 1.30. The van der Waals surface area contributed by atoms with Gasteiger partial charge in [0, 0.05) is 24.8 Å². The van der Waals surface area contributed by atoms with Gasteiger partial charge in [-0.3, -0.25) is 0 Å². The fraction of sp³-hybridized carbons (Fsp3) is 0.688. The van der Waals surface area contributed by atoms with Crippen molar-refractivity contribution in [2.24, 2.45) is 0 Å². The molecule has 2 fully saturated rings. The van der Waals surface area contributed by atoms with E-state index in [-0.39, 0.29) is 6.42 Å². The van der Waals surface area contributed by atoms with Crippen molar-refractivity contribution >= 4 is 5.97 Å². The highest BCUT2D eigenvalue weighted by molar-refractivity contribution is 5.89. The molecule has 1 saturated heterocycles. The zero-order valence-electron chi connectivity index (χ0n) is 12.1. The molecular weight excluding hydrogens is 272 g/mol. The van der Waals surface area contributed by atoms with E-state index >= 15 is 0 Å². The van der Waals surface area contributed by atoms with E-state index in [1.54, 1.807) is 6.08 Å². The second-order valence-corrected chi connectivity index (χ2v) is 6.02. The lowest BCUT2D eigenvalue weighted by Gasteiger charge is -2.35. The summed E-state index contributed by atoms with van der Waals surface area (Å²) < 4.78 is 16.8. The molecule has 5 heteroatoms. The standard InChI is InChI=1S/C16H20O5/c1-3-15(18)10-11(14(17)19-2)9-12-13(15)21-16(20-12)7-5-4-6-8-16/h1,9,12-13,18H,4-8,10H2,2H3/t12-,13-,15+/m1/s1. The Morgan fingerprint density at radius 1 is 1.43 bits per heavy atom.